The van der Waals surface area contributed by atoms with Gasteiger partial charge in [-0.05, 0) is 38.0 Å². The molecule has 0 saturated heterocycles. The average Bonchev–Trinajstić information content (AvgIpc) is 2.65. The van der Waals surface area contributed by atoms with Crippen LogP contribution < -0.4 is 0 Å². The Hall–Kier alpha value is -0.860. The van der Waals surface area contributed by atoms with E-state index in [9.17, 15) is 9.59 Å². The highest BCUT2D eigenvalue weighted by Crippen LogP contribution is 2.66. The third-order valence-electron chi connectivity index (χ3n) is 6.18. The lowest BCUT2D eigenvalue weighted by Gasteiger charge is -2.32. The molecular formula is C16H27NO2. The summed E-state index contributed by atoms with van der Waals surface area (Å²) in [5.74, 6) is 0.843. The van der Waals surface area contributed by atoms with Gasteiger partial charge >= 0.3 is 0 Å². The number of ketones is 1. The first kappa shape index (κ1) is 14.5. The molecular weight excluding hydrogens is 238 g/mol. The number of amides is 1. The Balaban J connectivity index is 2.16. The summed E-state index contributed by atoms with van der Waals surface area (Å²) in [6.07, 6.45) is 2.52. The minimum absolute atomic E-state index is 0.0400. The molecule has 0 aromatic heterocycles. The van der Waals surface area contributed by atoms with Crippen LogP contribution >= 0.6 is 0 Å². The van der Waals surface area contributed by atoms with Crippen molar-refractivity contribution in [2.75, 3.05) is 13.1 Å². The van der Waals surface area contributed by atoms with Crippen LogP contribution in [0.3, 0.4) is 0 Å². The van der Waals surface area contributed by atoms with Crippen molar-refractivity contribution in [2.45, 2.75) is 53.9 Å². The summed E-state index contributed by atoms with van der Waals surface area (Å²) in [4.78, 5) is 26.8. The van der Waals surface area contributed by atoms with Crippen molar-refractivity contribution in [1.29, 1.82) is 0 Å². The zero-order valence-electron chi connectivity index (χ0n) is 13.0. The summed E-state index contributed by atoms with van der Waals surface area (Å²) in [6.45, 7) is 12.0. The van der Waals surface area contributed by atoms with Crippen LogP contribution in [0.1, 0.15) is 53.9 Å². The zero-order valence-corrected chi connectivity index (χ0v) is 13.0. The molecule has 2 aliphatic rings. The Morgan fingerprint density at radius 3 is 2.26 bits per heavy atom. The Morgan fingerprint density at radius 1 is 1.26 bits per heavy atom. The number of hydrogen-bond acceptors (Lipinski definition) is 2. The van der Waals surface area contributed by atoms with Gasteiger partial charge in [-0.3, -0.25) is 9.59 Å². The Morgan fingerprint density at radius 2 is 1.84 bits per heavy atom. The maximum Gasteiger partial charge on any atom is 0.223 e. The first-order chi connectivity index (χ1) is 8.79. The molecule has 2 rings (SSSR count). The molecule has 3 nitrogen and oxygen atoms in total. The van der Waals surface area contributed by atoms with Gasteiger partial charge < -0.3 is 4.90 Å². The van der Waals surface area contributed by atoms with Crippen molar-refractivity contribution in [3.63, 3.8) is 0 Å². The van der Waals surface area contributed by atoms with Crippen LogP contribution in [0.2, 0.25) is 0 Å². The number of hydrogen-bond donors (Lipinski definition) is 0. The van der Waals surface area contributed by atoms with Gasteiger partial charge in [0, 0.05) is 30.8 Å². The van der Waals surface area contributed by atoms with Crippen LogP contribution in [0.15, 0.2) is 0 Å². The Bertz CT molecular complexity index is 398. The van der Waals surface area contributed by atoms with E-state index in [4.69, 9.17) is 0 Å². The fourth-order valence-corrected chi connectivity index (χ4v) is 4.40. The van der Waals surface area contributed by atoms with E-state index in [-0.39, 0.29) is 22.7 Å². The second kappa shape index (κ2) is 4.60. The third kappa shape index (κ3) is 1.85. The number of rotatable bonds is 4. The number of nitrogens with zero attached hydrogens (tertiary/aromatic N) is 1. The maximum absolute atomic E-state index is 12.7. The van der Waals surface area contributed by atoms with E-state index in [0.717, 1.165) is 25.9 Å². The van der Waals surface area contributed by atoms with Crippen molar-refractivity contribution >= 4 is 11.7 Å². The summed E-state index contributed by atoms with van der Waals surface area (Å²) in [5.41, 5.74) is -0.149. The largest absolute Gasteiger partial charge is 0.343 e. The van der Waals surface area contributed by atoms with Gasteiger partial charge in [-0.25, -0.2) is 0 Å². The molecule has 3 unspecified atom stereocenters. The third-order valence-corrected chi connectivity index (χ3v) is 6.18. The predicted molar refractivity (Wildman–Crippen MR) is 75.7 cm³/mol. The van der Waals surface area contributed by atoms with Gasteiger partial charge in [0.05, 0.1) is 0 Å². The molecule has 0 aromatic carbocycles. The molecule has 0 radical (unpaired) electrons. The molecule has 3 heteroatoms. The molecule has 2 saturated carbocycles. The highest BCUT2D eigenvalue weighted by Gasteiger charge is 2.66. The van der Waals surface area contributed by atoms with Gasteiger partial charge in [0.2, 0.25) is 5.91 Å². The van der Waals surface area contributed by atoms with Gasteiger partial charge in [-0.2, -0.15) is 0 Å². The summed E-state index contributed by atoms with van der Waals surface area (Å²) in [5, 5.41) is 0. The molecule has 2 fully saturated rings. The normalized spacial score (nSPS) is 35.7. The second-order valence-corrected chi connectivity index (χ2v) is 6.94. The van der Waals surface area contributed by atoms with Crippen molar-refractivity contribution in [3.8, 4) is 0 Å². The first-order valence-electron chi connectivity index (χ1n) is 7.61. The van der Waals surface area contributed by atoms with Crippen molar-refractivity contribution in [2.24, 2.45) is 22.7 Å². The van der Waals surface area contributed by atoms with Gasteiger partial charge in [-0.1, -0.05) is 20.8 Å². The smallest absolute Gasteiger partial charge is 0.223 e. The van der Waals surface area contributed by atoms with Crippen LogP contribution in [-0.4, -0.2) is 29.7 Å². The lowest BCUT2D eigenvalue weighted by atomic mass is 9.70. The lowest BCUT2D eigenvalue weighted by Crippen LogP contribution is -2.36. The van der Waals surface area contributed by atoms with Crippen LogP contribution in [0.25, 0.3) is 0 Å². The Kier molecular flexibility index (Phi) is 3.53. The molecule has 0 spiro atoms. The quantitative estimate of drug-likeness (QED) is 0.784. The molecule has 1 amide bonds. The molecule has 108 valence electrons. The molecule has 0 aromatic rings. The summed E-state index contributed by atoms with van der Waals surface area (Å²) >= 11 is 0. The van der Waals surface area contributed by atoms with E-state index in [1.54, 1.807) is 0 Å². The van der Waals surface area contributed by atoms with Crippen molar-refractivity contribution in [3.05, 3.63) is 0 Å². The highest BCUT2D eigenvalue weighted by molar-refractivity contribution is 5.94. The van der Waals surface area contributed by atoms with Crippen LogP contribution in [0.4, 0.5) is 0 Å². The van der Waals surface area contributed by atoms with Crippen molar-refractivity contribution < 1.29 is 9.59 Å². The van der Waals surface area contributed by atoms with Gasteiger partial charge in [0.15, 0.2) is 0 Å². The zero-order chi connectivity index (χ0) is 14.4. The first-order valence-corrected chi connectivity index (χ1v) is 7.61. The minimum Gasteiger partial charge on any atom is -0.343 e. The number of fused-ring (bicyclic) bond motifs is 2. The number of Topliss-reactive ketones (excluding diaryl/α,β-unsaturated/α-hetero) is 1. The monoisotopic (exact) mass is 265 g/mol. The van der Waals surface area contributed by atoms with Gasteiger partial charge in [-0.15, -0.1) is 0 Å². The highest BCUT2D eigenvalue weighted by atomic mass is 16.2. The standard InChI is InChI=1S/C16H27NO2/c1-6-17(7-2)13(18)10-11-12-8-9-16(5,14(11)19)15(12,3)4/h11-12H,6-10H2,1-5H3. The van der Waals surface area contributed by atoms with E-state index >= 15 is 0 Å². The topological polar surface area (TPSA) is 37.4 Å². The molecule has 3 atom stereocenters. The van der Waals surface area contributed by atoms with E-state index in [1.165, 1.54) is 0 Å². The molecule has 0 heterocycles. The van der Waals surface area contributed by atoms with Crippen molar-refractivity contribution in [1.82, 2.24) is 4.90 Å². The fraction of sp³-hybridized carbons (Fsp3) is 0.875. The number of carbonyl (C=O) groups is 2. The Labute approximate surface area is 116 Å². The van der Waals surface area contributed by atoms with Gasteiger partial charge in [0.1, 0.15) is 5.78 Å². The van der Waals surface area contributed by atoms with Crippen LogP contribution in [0, 0.1) is 22.7 Å². The van der Waals surface area contributed by atoms with E-state index in [2.05, 4.69) is 20.8 Å². The minimum atomic E-state index is -0.203. The predicted octanol–water partition coefficient (Wildman–Crippen LogP) is 2.89. The number of carbonyl (C=O) groups excluding carboxylic acids is 2. The molecule has 2 bridgehead atoms. The summed E-state index contributed by atoms with van der Waals surface area (Å²) < 4.78 is 0. The summed E-state index contributed by atoms with van der Waals surface area (Å²) in [6, 6.07) is 0. The SMILES string of the molecule is CCN(CC)C(=O)CC1C(=O)C2(C)CCC1C2(C)C. The van der Waals surface area contributed by atoms with E-state index in [1.807, 2.05) is 18.7 Å². The lowest BCUT2D eigenvalue weighted by molar-refractivity contribution is -0.138. The van der Waals surface area contributed by atoms with Gasteiger partial charge in [0.25, 0.3) is 0 Å². The molecule has 19 heavy (non-hydrogen) atoms. The maximum atomic E-state index is 12.7. The van der Waals surface area contributed by atoms with Crippen LogP contribution in [0.5, 0.6) is 0 Å². The molecule has 0 N–H and O–H groups in total. The van der Waals surface area contributed by atoms with E-state index < -0.39 is 0 Å². The van der Waals surface area contributed by atoms with Crippen LogP contribution in [-0.2, 0) is 9.59 Å². The summed E-state index contributed by atoms with van der Waals surface area (Å²) in [7, 11) is 0. The second-order valence-electron chi connectivity index (χ2n) is 6.94. The van der Waals surface area contributed by atoms with E-state index in [0.29, 0.717) is 18.1 Å². The fourth-order valence-electron chi connectivity index (χ4n) is 4.40. The molecule has 2 aliphatic carbocycles. The molecule has 0 aliphatic heterocycles. The average molecular weight is 265 g/mol.